The summed E-state index contributed by atoms with van der Waals surface area (Å²) in [4.78, 5) is 5.32. The molecule has 0 fully saturated rings. The van der Waals surface area contributed by atoms with Crippen LogP contribution < -0.4 is 0 Å². The summed E-state index contributed by atoms with van der Waals surface area (Å²) in [7, 11) is 0. The molecule has 0 aromatic carbocycles. The van der Waals surface area contributed by atoms with Crippen molar-refractivity contribution in [2.45, 2.75) is 12.8 Å². The normalized spacial score (nSPS) is 11.0. The summed E-state index contributed by atoms with van der Waals surface area (Å²) in [5.74, 6) is 0.483. The van der Waals surface area contributed by atoms with E-state index in [1.54, 1.807) is 17.5 Å². The molecule has 0 aliphatic rings. The van der Waals surface area contributed by atoms with Gasteiger partial charge in [-0.05, 0) is 18.6 Å². The number of fused-ring (bicyclic) bond motifs is 1. The maximum absolute atomic E-state index is 5.96. The van der Waals surface area contributed by atoms with Gasteiger partial charge in [-0.1, -0.05) is 11.6 Å². The molecule has 2 heterocycles. The van der Waals surface area contributed by atoms with Gasteiger partial charge in [0.05, 0.1) is 4.70 Å². The minimum absolute atomic E-state index is 0.483. The van der Waals surface area contributed by atoms with Crippen LogP contribution >= 0.6 is 34.5 Å². The number of hydrogen-bond acceptors (Lipinski definition) is 2. The van der Waals surface area contributed by atoms with Crippen molar-refractivity contribution in [1.29, 1.82) is 0 Å². The Hall–Kier alpha value is -0.310. The van der Waals surface area contributed by atoms with E-state index in [2.05, 4.69) is 18.0 Å². The second-order valence-corrected chi connectivity index (χ2v) is 4.69. The number of thiophene rings is 1. The van der Waals surface area contributed by atoms with Crippen molar-refractivity contribution in [2.24, 2.45) is 0 Å². The number of pyridine rings is 1. The Morgan fingerprint density at radius 1 is 1.54 bits per heavy atom. The maximum Gasteiger partial charge on any atom is 0.146 e. The van der Waals surface area contributed by atoms with Gasteiger partial charge >= 0.3 is 0 Å². The molecule has 0 atom stereocenters. The van der Waals surface area contributed by atoms with Crippen LogP contribution in [0.4, 0.5) is 0 Å². The summed E-state index contributed by atoms with van der Waals surface area (Å²) < 4.78 is 1.04. The highest BCUT2D eigenvalue weighted by molar-refractivity contribution is 7.19. The molecule has 0 bridgehead atoms. The van der Waals surface area contributed by atoms with Gasteiger partial charge in [-0.25, -0.2) is 4.98 Å². The number of hydrogen-bond donors (Lipinski definition) is 0. The topological polar surface area (TPSA) is 12.9 Å². The third-order valence-electron chi connectivity index (χ3n) is 1.87. The Morgan fingerprint density at radius 2 is 2.31 bits per heavy atom. The molecule has 0 saturated carbocycles. The number of nitrogens with zero attached hydrogens (tertiary/aromatic N) is 1. The van der Waals surface area contributed by atoms with E-state index in [0.717, 1.165) is 15.6 Å². The fourth-order valence-electron chi connectivity index (χ4n) is 1.28. The number of rotatable bonds is 1. The third kappa shape index (κ3) is 1.54. The fraction of sp³-hybridized carbons (Fsp3) is 0.222. The molecule has 2 rings (SSSR count). The Morgan fingerprint density at radius 3 is 3.00 bits per heavy atom. The first-order valence-electron chi connectivity index (χ1n) is 3.82. The zero-order valence-corrected chi connectivity index (χ0v) is 9.30. The average molecular weight is 232 g/mol. The zero-order chi connectivity index (χ0) is 9.42. The highest BCUT2D eigenvalue weighted by Gasteiger charge is 2.07. The van der Waals surface area contributed by atoms with E-state index in [9.17, 15) is 0 Å². The van der Waals surface area contributed by atoms with E-state index in [1.807, 2.05) is 0 Å². The first-order valence-corrected chi connectivity index (χ1v) is 5.54. The molecule has 0 aliphatic carbocycles. The van der Waals surface area contributed by atoms with Gasteiger partial charge in [0, 0.05) is 22.3 Å². The van der Waals surface area contributed by atoms with Crippen molar-refractivity contribution in [2.75, 3.05) is 0 Å². The van der Waals surface area contributed by atoms with E-state index in [-0.39, 0.29) is 0 Å². The molecule has 2 aromatic rings. The third-order valence-corrected chi connectivity index (χ3v) is 3.61. The van der Waals surface area contributed by atoms with Crippen molar-refractivity contribution in [1.82, 2.24) is 4.98 Å². The SMILES string of the molecule is Cc1cc2c(CCl)cnc(Cl)c2s1. The van der Waals surface area contributed by atoms with E-state index in [4.69, 9.17) is 23.2 Å². The van der Waals surface area contributed by atoms with E-state index in [1.165, 1.54) is 4.88 Å². The van der Waals surface area contributed by atoms with Gasteiger partial charge in [0.15, 0.2) is 0 Å². The molecule has 1 nitrogen and oxygen atoms in total. The van der Waals surface area contributed by atoms with Crippen LogP contribution in [0.3, 0.4) is 0 Å². The molecule has 0 amide bonds. The van der Waals surface area contributed by atoms with Crippen LogP contribution in [0.25, 0.3) is 10.1 Å². The Kier molecular flexibility index (Phi) is 2.45. The summed E-state index contributed by atoms with van der Waals surface area (Å²) in [6.07, 6.45) is 1.74. The molecule has 0 N–H and O–H groups in total. The second-order valence-electron chi connectivity index (χ2n) is 2.81. The molecule has 4 heteroatoms. The van der Waals surface area contributed by atoms with Gasteiger partial charge in [0.2, 0.25) is 0 Å². The van der Waals surface area contributed by atoms with E-state index < -0.39 is 0 Å². The molecule has 0 saturated heterocycles. The Balaban J connectivity index is 2.83. The predicted molar refractivity (Wildman–Crippen MR) is 58.9 cm³/mol. The lowest BCUT2D eigenvalue weighted by atomic mass is 10.2. The first kappa shape index (κ1) is 9.25. The van der Waals surface area contributed by atoms with Crippen LogP contribution in [0.5, 0.6) is 0 Å². The molecule has 0 spiro atoms. The van der Waals surface area contributed by atoms with E-state index >= 15 is 0 Å². The Labute approximate surface area is 90.3 Å². The molecule has 13 heavy (non-hydrogen) atoms. The van der Waals surface area contributed by atoms with Crippen molar-refractivity contribution in [3.05, 3.63) is 27.9 Å². The van der Waals surface area contributed by atoms with Crippen LogP contribution in [0.2, 0.25) is 5.15 Å². The summed E-state index contributed by atoms with van der Waals surface area (Å²) in [5.41, 5.74) is 1.05. The lowest BCUT2D eigenvalue weighted by Gasteiger charge is -1.97. The summed E-state index contributed by atoms with van der Waals surface area (Å²) in [5, 5.41) is 1.71. The maximum atomic E-state index is 5.96. The van der Waals surface area contributed by atoms with Crippen molar-refractivity contribution < 1.29 is 0 Å². The molecule has 0 unspecified atom stereocenters. The minimum Gasteiger partial charge on any atom is -0.243 e. The number of halogens is 2. The average Bonchev–Trinajstić information content (AvgIpc) is 2.48. The first-order chi connectivity index (χ1) is 6.22. The lowest BCUT2D eigenvalue weighted by molar-refractivity contribution is 1.29. The zero-order valence-electron chi connectivity index (χ0n) is 6.97. The van der Waals surface area contributed by atoms with Crippen LogP contribution in [0, 0.1) is 6.92 Å². The lowest BCUT2D eigenvalue weighted by Crippen LogP contribution is -1.82. The van der Waals surface area contributed by atoms with Crippen LogP contribution in [-0.4, -0.2) is 4.98 Å². The Bertz CT molecular complexity index is 450. The highest BCUT2D eigenvalue weighted by Crippen LogP contribution is 2.32. The highest BCUT2D eigenvalue weighted by atomic mass is 35.5. The molecular weight excluding hydrogens is 225 g/mol. The van der Waals surface area contributed by atoms with Gasteiger partial charge in [0.25, 0.3) is 0 Å². The number of alkyl halides is 1. The van der Waals surface area contributed by atoms with Gasteiger partial charge < -0.3 is 0 Å². The van der Waals surface area contributed by atoms with Crippen molar-refractivity contribution in [3.8, 4) is 0 Å². The minimum atomic E-state index is 0.483. The molecule has 2 aromatic heterocycles. The summed E-state index contributed by atoms with van der Waals surface area (Å²) >= 11 is 13.4. The summed E-state index contributed by atoms with van der Waals surface area (Å²) in [6.45, 7) is 2.05. The molecule has 68 valence electrons. The smallest absolute Gasteiger partial charge is 0.146 e. The van der Waals surface area contributed by atoms with Crippen molar-refractivity contribution in [3.63, 3.8) is 0 Å². The molecule has 0 radical (unpaired) electrons. The number of aromatic nitrogens is 1. The number of aryl methyl sites for hydroxylation is 1. The fourth-order valence-corrected chi connectivity index (χ4v) is 2.69. The standard InChI is InChI=1S/C9H7Cl2NS/c1-5-2-7-6(3-10)4-12-9(11)8(7)13-5/h2,4H,3H2,1H3. The van der Waals surface area contributed by atoms with Crippen LogP contribution in [0.15, 0.2) is 12.3 Å². The monoisotopic (exact) mass is 231 g/mol. The van der Waals surface area contributed by atoms with Crippen molar-refractivity contribution >= 4 is 44.6 Å². The van der Waals surface area contributed by atoms with Crippen LogP contribution in [-0.2, 0) is 5.88 Å². The van der Waals surface area contributed by atoms with Gasteiger partial charge in [-0.15, -0.1) is 22.9 Å². The van der Waals surface area contributed by atoms with Crippen LogP contribution in [0.1, 0.15) is 10.4 Å². The second kappa shape index (κ2) is 3.45. The van der Waals surface area contributed by atoms with Gasteiger partial charge in [-0.2, -0.15) is 0 Å². The molecular formula is C9H7Cl2NS. The predicted octanol–water partition coefficient (Wildman–Crippen LogP) is 4.00. The quantitative estimate of drug-likeness (QED) is 0.535. The molecule has 0 aliphatic heterocycles. The summed E-state index contributed by atoms with van der Waals surface area (Å²) in [6, 6.07) is 2.10. The van der Waals surface area contributed by atoms with Gasteiger partial charge in [0.1, 0.15) is 5.15 Å². The van der Waals surface area contributed by atoms with E-state index in [0.29, 0.717) is 11.0 Å². The largest absolute Gasteiger partial charge is 0.243 e. The van der Waals surface area contributed by atoms with Gasteiger partial charge in [-0.3, -0.25) is 0 Å².